The number of anilines is 2. The van der Waals surface area contributed by atoms with E-state index in [0.717, 1.165) is 41.4 Å². The van der Waals surface area contributed by atoms with Crippen LogP contribution in [0.25, 0.3) is 0 Å². The van der Waals surface area contributed by atoms with Crippen molar-refractivity contribution in [2.24, 2.45) is 0 Å². The van der Waals surface area contributed by atoms with Crippen molar-refractivity contribution in [3.05, 3.63) is 58.1 Å². The van der Waals surface area contributed by atoms with Crippen LogP contribution in [0.5, 0.6) is 0 Å². The van der Waals surface area contributed by atoms with E-state index < -0.39 is 0 Å². The van der Waals surface area contributed by atoms with Gasteiger partial charge in [-0.2, -0.15) is 0 Å². The Morgan fingerprint density at radius 2 is 1.90 bits per heavy atom. The van der Waals surface area contributed by atoms with Crippen LogP contribution in [0.15, 0.2) is 46.9 Å². The maximum absolute atomic E-state index is 11.4. The number of halogens is 1. The quantitative estimate of drug-likeness (QED) is 0.742. The van der Waals surface area contributed by atoms with E-state index in [1.54, 1.807) is 0 Å². The van der Waals surface area contributed by atoms with Gasteiger partial charge in [-0.05, 0) is 49.1 Å². The van der Waals surface area contributed by atoms with Crippen LogP contribution in [0.4, 0.5) is 11.4 Å². The molecule has 2 aromatic rings. The molecule has 1 heterocycles. The summed E-state index contributed by atoms with van der Waals surface area (Å²) in [5.41, 5.74) is 4.33. The molecule has 2 aromatic carbocycles. The van der Waals surface area contributed by atoms with E-state index in [1.807, 2.05) is 18.2 Å². The highest BCUT2D eigenvalue weighted by molar-refractivity contribution is 9.10. The van der Waals surface area contributed by atoms with Crippen LogP contribution >= 0.6 is 15.9 Å². The monoisotopic (exact) mass is 329 g/mol. The van der Waals surface area contributed by atoms with Gasteiger partial charge in [0.1, 0.15) is 0 Å². The minimum Gasteiger partial charge on any atom is -0.341 e. The lowest BCUT2D eigenvalue weighted by Crippen LogP contribution is -2.19. The molecule has 0 spiro atoms. The Morgan fingerprint density at radius 1 is 1.05 bits per heavy atom. The van der Waals surface area contributed by atoms with Crippen molar-refractivity contribution in [1.29, 1.82) is 0 Å². The van der Waals surface area contributed by atoms with Crippen LogP contribution in [-0.4, -0.2) is 12.8 Å². The summed E-state index contributed by atoms with van der Waals surface area (Å²) in [5, 5.41) is 0. The number of para-hydroxylation sites is 1. The number of aryl methyl sites for hydroxylation is 1. The maximum Gasteiger partial charge on any atom is 0.152 e. The molecule has 0 amide bonds. The molecule has 0 saturated heterocycles. The minimum absolute atomic E-state index is 0.732. The number of aldehydes is 1. The zero-order chi connectivity index (χ0) is 13.9. The summed E-state index contributed by atoms with van der Waals surface area (Å²) in [6.45, 7) is 0.958. The zero-order valence-electron chi connectivity index (χ0n) is 11.2. The summed E-state index contributed by atoms with van der Waals surface area (Å²) in [5.74, 6) is 0. The minimum atomic E-state index is 0.732. The molecule has 20 heavy (non-hydrogen) atoms. The summed E-state index contributed by atoms with van der Waals surface area (Å²) in [4.78, 5) is 13.6. The maximum atomic E-state index is 11.4. The lowest BCUT2D eigenvalue weighted by molar-refractivity contribution is 0.112. The average molecular weight is 330 g/mol. The third-order valence-electron chi connectivity index (χ3n) is 3.77. The van der Waals surface area contributed by atoms with Crippen molar-refractivity contribution in [3.63, 3.8) is 0 Å². The van der Waals surface area contributed by atoms with Crippen LogP contribution in [0.3, 0.4) is 0 Å². The van der Waals surface area contributed by atoms with Gasteiger partial charge in [-0.15, -0.1) is 0 Å². The van der Waals surface area contributed by atoms with Gasteiger partial charge in [0.25, 0.3) is 0 Å². The number of hydrogen-bond acceptors (Lipinski definition) is 2. The van der Waals surface area contributed by atoms with Crippen LogP contribution < -0.4 is 4.90 Å². The van der Waals surface area contributed by atoms with Crippen LogP contribution in [0.2, 0.25) is 0 Å². The topological polar surface area (TPSA) is 20.3 Å². The third kappa shape index (κ3) is 2.50. The first-order valence-corrected chi connectivity index (χ1v) is 7.69. The Hall–Kier alpha value is -1.61. The summed E-state index contributed by atoms with van der Waals surface area (Å²) in [6.07, 6.45) is 4.39. The molecule has 0 aliphatic carbocycles. The molecule has 1 aliphatic heterocycles. The van der Waals surface area contributed by atoms with Crippen molar-refractivity contribution in [2.45, 2.75) is 19.3 Å². The number of carbonyl (C=O) groups is 1. The van der Waals surface area contributed by atoms with Crippen LogP contribution in [-0.2, 0) is 6.42 Å². The van der Waals surface area contributed by atoms with Gasteiger partial charge in [0.2, 0.25) is 0 Å². The molecule has 0 aromatic heterocycles. The Kier molecular flexibility index (Phi) is 3.88. The van der Waals surface area contributed by atoms with E-state index >= 15 is 0 Å². The Labute approximate surface area is 127 Å². The SMILES string of the molecule is O=Cc1cc(Br)ccc1N1CCCCc2ccccc21. The highest BCUT2D eigenvalue weighted by atomic mass is 79.9. The molecule has 0 radical (unpaired) electrons. The van der Waals surface area contributed by atoms with E-state index in [0.29, 0.717) is 0 Å². The van der Waals surface area contributed by atoms with E-state index in [2.05, 4.69) is 45.1 Å². The highest BCUT2D eigenvalue weighted by Gasteiger charge is 2.18. The molecule has 0 bridgehead atoms. The summed E-state index contributed by atoms with van der Waals surface area (Å²) < 4.78 is 0.937. The number of nitrogens with zero attached hydrogens (tertiary/aromatic N) is 1. The largest absolute Gasteiger partial charge is 0.341 e. The number of fused-ring (bicyclic) bond motifs is 1. The fourth-order valence-electron chi connectivity index (χ4n) is 2.81. The molecule has 0 unspecified atom stereocenters. The van der Waals surface area contributed by atoms with Crippen LogP contribution in [0.1, 0.15) is 28.8 Å². The summed E-state index contributed by atoms with van der Waals surface area (Å²) >= 11 is 3.43. The average Bonchev–Trinajstić information content (AvgIpc) is 2.69. The lowest BCUT2D eigenvalue weighted by Gasteiger charge is -2.26. The van der Waals surface area contributed by atoms with Crippen molar-refractivity contribution in [2.75, 3.05) is 11.4 Å². The normalized spacial score (nSPS) is 14.6. The third-order valence-corrected chi connectivity index (χ3v) is 4.26. The first-order chi connectivity index (χ1) is 9.79. The second-order valence-electron chi connectivity index (χ2n) is 5.06. The van der Waals surface area contributed by atoms with E-state index in [1.165, 1.54) is 17.7 Å². The smallest absolute Gasteiger partial charge is 0.152 e. The number of benzene rings is 2. The zero-order valence-corrected chi connectivity index (χ0v) is 12.8. The van der Waals surface area contributed by atoms with E-state index in [-0.39, 0.29) is 0 Å². The Morgan fingerprint density at radius 3 is 2.75 bits per heavy atom. The molecular formula is C17H16BrNO. The molecule has 102 valence electrons. The van der Waals surface area contributed by atoms with Crippen molar-refractivity contribution in [3.8, 4) is 0 Å². The van der Waals surface area contributed by atoms with Gasteiger partial charge in [-0.25, -0.2) is 0 Å². The predicted molar refractivity (Wildman–Crippen MR) is 85.9 cm³/mol. The summed E-state index contributed by atoms with van der Waals surface area (Å²) in [6, 6.07) is 14.4. The van der Waals surface area contributed by atoms with Gasteiger partial charge in [0, 0.05) is 22.3 Å². The second-order valence-corrected chi connectivity index (χ2v) is 5.97. The van der Waals surface area contributed by atoms with Gasteiger partial charge in [-0.1, -0.05) is 34.1 Å². The number of hydrogen-bond donors (Lipinski definition) is 0. The predicted octanol–water partition coefficient (Wildman–Crippen LogP) is 4.74. The lowest BCUT2D eigenvalue weighted by atomic mass is 10.1. The van der Waals surface area contributed by atoms with Crippen molar-refractivity contribution < 1.29 is 4.79 Å². The van der Waals surface area contributed by atoms with Gasteiger partial charge in [-0.3, -0.25) is 4.79 Å². The molecule has 3 rings (SSSR count). The molecular weight excluding hydrogens is 314 g/mol. The molecule has 1 aliphatic rings. The Bertz CT molecular complexity index is 639. The van der Waals surface area contributed by atoms with Gasteiger partial charge < -0.3 is 4.90 Å². The molecule has 2 nitrogen and oxygen atoms in total. The fraction of sp³-hybridized carbons (Fsp3) is 0.235. The standard InChI is InChI=1S/C17H16BrNO/c18-15-8-9-17(14(11-15)12-20)19-10-4-3-6-13-5-1-2-7-16(13)19/h1-2,5,7-9,11-12H,3-4,6,10H2. The van der Waals surface area contributed by atoms with Crippen LogP contribution in [0, 0.1) is 0 Å². The van der Waals surface area contributed by atoms with Crippen molar-refractivity contribution >= 4 is 33.6 Å². The first-order valence-electron chi connectivity index (χ1n) is 6.90. The van der Waals surface area contributed by atoms with E-state index in [9.17, 15) is 4.79 Å². The van der Waals surface area contributed by atoms with Crippen molar-refractivity contribution in [1.82, 2.24) is 0 Å². The van der Waals surface area contributed by atoms with Gasteiger partial charge >= 0.3 is 0 Å². The Balaban J connectivity index is 2.12. The van der Waals surface area contributed by atoms with E-state index in [4.69, 9.17) is 0 Å². The first kappa shape index (κ1) is 13.4. The second kappa shape index (κ2) is 5.80. The molecule has 0 saturated carbocycles. The number of carbonyl (C=O) groups excluding carboxylic acids is 1. The molecule has 0 N–H and O–H groups in total. The van der Waals surface area contributed by atoms with Gasteiger partial charge in [0.05, 0.1) is 5.69 Å². The molecule has 3 heteroatoms. The summed E-state index contributed by atoms with van der Waals surface area (Å²) in [7, 11) is 0. The van der Waals surface area contributed by atoms with Gasteiger partial charge in [0.15, 0.2) is 6.29 Å². The fourth-order valence-corrected chi connectivity index (χ4v) is 3.19. The molecule has 0 fully saturated rings. The molecule has 0 atom stereocenters. The number of rotatable bonds is 2. The highest BCUT2D eigenvalue weighted by Crippen LogP contribution is 2.34.